The molecular formula is C21H20N4O2. The van der Waals surface area contributed by atoms with Crippen LogP contribution in [0.2, 0.25) is 0 Å². The molecule has 1 aromatic carbocycles. The third kappa shape index (κ3) is 2.63. The van der Waals surface area contributed by atoms with Gasteiger partial charge in [0.05, 0.1) is 6.20 Å². The number of fused-ring (bicyclic) bond motifs is 2. The van der Waals surface area contributed by atoms with Gasteiger partial charge in [0.25, 0.3) is 5.91 Å². The lowest BCUT2D eigenvalue weighted by Gasteiger charge is -2.40. The number of hydrogen-bond acceptors (Lipinski definition) is 5. The van der Waals surface area contributed by atoms with E-state index in [1.54, 1.807) is 12.4 Å². The number of nitrogens with zero attached hydrogens (tertiary/aromatic N) is 4. The molecule has 27 heavy (non-hydrogen) atoms. The highest BCUT2D eigenvalue weighted by atomic mass is 16.5. The Labute approximate surface area is 157 Å². The summed E-state index contributed by atoms with van der Waals surface area (Å²) in [4.78, 5) is 22.9. The summed E-state index contributed by atoms with van der Waals surface area (Å²) < 4.78 is 5.04. The fraction of sp³-hybridized carbons (Fsp3) is 0.333. The van der Waals surface area contributed by atoms with Gasteiger partial charge in [0, 0.05) is 37.5 Å². The highest BCUT2D eigenvalue weighted by molar-refractivity contribution is 5.91. The van der Waals surface area contributed by atoms with Gasteiger partial charge < -0.3 is 9.42 Å². The van der Waals surface area contributed by atoms with Crippen molar-refractivity contribution in [3.63, 3.8) is 0 Å². The van der Waals surface area contributed by atoms with E-state index in [0.29, 0.717) is 11.7 Å². The lowest BCUT2D eigenvalue weighted by atomic mass is 9.73. The van der Waals surface area contributed by atoms with E-state index < -0.39 is 0 Å². The van der Waals surface area contributed by atoms with Crippen LogP contribution in [0.25, 0.3) is 0 Å². The summed E-state index contributed by atoms with van der Waals surface area (Å²) >= 11 is 0. The van der Waals surface area contributed by atoms with Crippen LogP contribution in [0.5, 0.6) is 0 Å². The van der Waals surface area contributed by atoms with Crippen molar-refractivity contribution in [1.29, 1.82) is 0 Å². The number of carbonyl (C=O) groups excluding carboxylic acids is 1. The average Bonchev–Trinajstić information content (AvgIpc) is 3.37. The first-order valence-electron chi connectivity index (χ1n) is 9.31. The topological polar surface area (TPSA) is 72.1 Å². The Kier molecular flexibility index (Phi) is 3.77. The summed E-state index contributed by atoms with van der Waals surface area (Å²) in [6.45, 7) is 1.46. The molecule has 1 aliphatic carbocycles. The van der Waals surface area contributed by atoms with E-state index in [9.17, 15) is 4.79 Å². The number of piperidine rings is 1. The van der Waals surface area contributed by atoms with Crippen LogP contribution < -0.4 is 0 Å². The molecular weight excluding hydrogens is 340 g/mol. The number of carbonyl (C=O) groups is 1. The molecule has 0 bridgehead atoms. The molecule has 0 saturated carbocycles. The summed E-state index contributed by atoms with van der Waals surface area (Å²) in [5, 5.41) is 3.65. The van der Waals surface area contributed by atoms with Crippen LogP contribution in [-0.2, 0) is 5.41 Å². The highest BCUT2D eigenvalue weighted by Gasteiger charge is 2.46. The molecule has 0 unspecified atom stereocenters. The van der Waals surface area contributed by atoms with Gasteiger partial charge >= 0.3 is 0 Å². The van der Waals surface area contributed by atoms with Gasteiger partial charge in [-0.2, -0.15) is 0 Å². The van der Waals surface area contributed by atoms with Crippen molar-refractivity contribution in [1.82, 2.24) is 20.0 Å². The minimum absolute atomic E-state index is 0.0679. The number of aromatic nitrogens is 3. The van der Waals surface area contributed by atoms with E-state index in [1.807, 2.05) is 17.3 Å². The molecule has 5 rings (SSSR count). The fourth-order valence-corrected chi connectivity index (χ4v) is 4.78. The second kappa shape index (κ2) is 6.30. The summed E-state index contributed by atoms with van der Waals surface area (Å²) in [5.41, 5.74) is 4.07. The third-order valence-electron chi connectivity index (χ3n) is 6.14. The van der Waals surface area contributed by atoms with Crippen molar-refractivity contribution in [3.8, 4) is 0 Å². The molecule has 1 amide bonds. The lowest BCUT2D eigenvalue weighted by molar-refractivity contribution is 0.0623. The van der Waals surface area contributed by atoms with Crippen molar-refractivity contribution in [3.05, 3.63) is 77.7 Å². The fourth-order valence-electron chi connectivity index (χ4n) is 4.78. The van der Waals surface area contributed by atoms with Crippen molar-refractivity contribution in [2.24, 2.45) is 0 Å². The average molecular weight is 360 g/mol. The van der Waals surface area contributed by atoms with E-state index in [4.69, 9.17) is 4.52 Å². The van der Waals surface area contributed by atoms with Gasteiger partial charge in [-0.25, -0.2) is 9.97 Å². The molecule has 1 fully saturated rings. The molecule has 6 nitrogen and oxygen atoms in total. The molecule has 0 N–H and O–H groups in total. The standard InChI is InChI=1S/C21H20N4O2/c26-20(19-5-8-24-27-19)25-9-6-21(7-10-25)11-17(15-12-22-14-23-13-15)16-3-1-2-4-18(16)21/h1-5,8,12-14,17H,6-7,9-11H2/t17-/m0/s1. The molecule has 1 spiro atoms. The number of benzene rings is 1. The molecule has 2 aromatic heterocycles. The Bertz CT molecular complexity index is 947. The zero-order chi connectivity index (χ0) is 18.3. The Morgan fingerprint density at radius 2 is 1.89 bits per heavy atom. The lowest BCUT2D eigenvalue weighted by Crippen LogP contribution is -2.44. The van der Waals surface area contributed by atoms with E-state index in [2.05, 4.69) is 39.4 Å². The maximum absolute atomic E-state index is 12.6. The van der Waals surface area contributed by atoms with Gasteiger partial charge in [-0.05, 0) is 41.4 Å². The Balaban J connectivity index is 1.42. The van der Waals surface area contributed by atoms with E-state index in [0.717, 1.165) is 32.4 Å². The predicted molar refractivity (Wildman–Crippen MR) is 98.3 cm³/mol. The molecule has 136 valence electrons. The molecule has 3 aromatic rings. The molecule has 1 aliphatic heterocycles. The number of rotatable bonds is 2. The molecule has 2 aliphatic rings. The number of likely N-dealkylation sites (tertiary alicyclic amines) is 1. The van der Waals surface area contributed by atoms with E-state index >= 15 is 0 Å². The molecule has 1 atom stereocenters. The summed E-state index contributed by atoms with van der Waals surface area (Å²) in [7, 11) is 0. The highest BCUT2D eigenvalue weighted by Crippen LogP contribution is 2.53. The van der Waals surface area contributed by atoms with Crippen molar-refractivity contribution in [2.75, 3.05) is 13.1 Å². The zero-order valence-electron chi connectivity index (χ0n) is 14.9. The van der Waals surface area contributed by atoms with Crippen LogP contribution in [0.3, 0.4) is 0 Å². The zero-order valence-corrected chi connectivity index (χ0v) is 14.9. The SMILES string of the molecule is O=C(c1ccno1)N1CCC2(CC1)C[C@@H](c1cncnc1)c1ccccc12. The van der Waals surface area contributed by atoms with Crippen molar-refractivity contribution in [2.45, 2.75) is 30.6 Å². The first-order chi connectivity index (χ1) is 13.3. The van der Waals surface area contributed by atoms with E-state index in [-0.39, 0.29) is 11.3 Å². The normalized spacial score (nSPS) is 20.6. The smallest absolute Gasteiger partial charge is 0.292 e. The van der Waals surface area contributed by atoms with Crippen LogP contribution in [0.4, 0.5) is 0 Å². The molecule has 3 heterocycles. The van der Waals surface area contributed by atoms with Crippen LogP contribution in [0, 0.1) is 0 Å². The second-order valence-electron chi connectivity index (χ2n) is 7.46. The van der Waals surface area contributed by atoms with Crippen molar-refractivity contribution >= 4 is 5.91 Å². The summed E-state index contributed by atoms with van der Waals surface area (Å²) in [5.74, 6) is 0.567. The Morgan fingerprint density at radius 3 is 2.63 bits per heavy atom. The third-order valence-corrected chi connectivity index (χ3v) is 6.14. The van der Waals surface area contributed by atoms with Gasteiger partial charge in [-0.3, -0.25) is 4.79 Å². The van der Waals surface area contributed by atoms with Gasteiger partial charge in [-0.1, -0.05) is 29.4 Å². The minimum atomic E-state index is -0.0679. The molecule has 6 heteroatoms. The van der Waals surface area contributed by atoms with Crippen LogP contribution in [0.1, 0.15) is 52.4 Å². The first-order valence-corrected chi connectivity index (χ1v) is 9.31. The van der Waals surface area contributed by atoms with E-state index in [1.165, 1.54) is 22.9 Å². The number of hydrogen-bond donors (Lipinski definition) is 0. The Hall–Kier alpha value is -3.02. The van der Waals surface area contributed by atoms with Gasteiger partial charge in [0.2, 0.25) is 5.76 Å². The quantitative estimate of drug-likeness (QED) is 0.702. The van der Waals surface area contributed by atoms with Crippen molar-refractivity contribution < 1.29 is 9.32 Å². The minimum Gasteiger partial charge on any atom is -0.351 e. The van der Waals surface area contributed by atoms with Crippen LogP contribution >= 0.6 is 0 Å². The second-order valence-corrected chi connectivity index (χ2v) is 7.46. The maximum atomic E-state index is 12.6. The maximum Gasteiger partial charge on any atom is 0.292 e. The first kappa shape index (κ1) is 16.2. The largest absolute Gasteiger partial charge is 0.351 e. The van der Waals surface area contributed by atoms with Crippen LogP contribution in [0.15, 0.2) is 59.8 Å². The number of amides is 1. The summed E-state index contributed by atoms with van der Waals surface area (Å²) in [6, 6.07) is 10.3. The Morgan fingerprint density at radius 1 is 1.11 bits per heavy atom. The van der Waals surface area contributed by atoms with Crippen LogP contribution in [-0.4, -0.2) is 39.0 Å². The van der Waals surface area contributed by atoms with Gasteiger partial charge in [0.15, 0.2) is 0 Å². The molecule has 0 radical (unpaired) electrons. The van der Waals surface area contributed by atoms with Gasteiger partial charge in [-0.15, -0.1) is 0 Å². The monoisotopic (exact) mass is 360 g/mol. The summed E-state index contributed by atoms with van der Waals surface area (Å²) in [6.07, 6.45) is 9.89. The predicted octanol–water partition coefficient (Wildman–Crippen LogP) is 3.17. The molecule has 1 saturated heterocycles. The van der Waals surface area contributed by atoms with Gasteiger partial charge in [0.1, 0.15) is 6.33 Å².